The number of hydrogen-bond acceptors (Lipinski definition) is 2. The molecule has 0 spiro atoms. The second kappa shape index (κ2) is 5.98. The van der Waals surface area contributed by atoms with Gasteiger partial charge in [0.1, 0.15) is 12.4 Å². The fourth-order valence-electron chi connectivity index (χ4n) is 1.24. The van der Waals surface area contributed by atoms with E-state index in [9.17, 15) is 9.18 Å². The Hall–Kier alpha value is -0.740. The zero-order valence-electron chi connectivity index (χ0n) is 8.43. The molecule has 1 rings (SSSR count). The summed E-state index contributed by atoms with van der Waals surface area (Å²) < 4.78 is 18.4. The van der Waals surface area contributed by atoms with Crippen molar-refractivity contribution in [1.82, 2.24) is 0 Å². The number of ether oxygens (including phenoxy) is 1. The molecular weight excluding hydrogens is 263 g/mol. The third-order valence-electron chi connectivity index (χ3n) is 1.99. The second-order valence-corrected chi connectivity index (χ2v) is 4.06. The van der Waals surface area contributed by atoms with Gasteiger partial charge in [0, 0.05) is 18.0 Å². The highest BCUT2D eigenvalue weighted by Crippen LogP contribution is 2.19. The number of benzene rings is 1. The van der Waals surface area contributed by atoms with Crippen LogP contribution in [0.2, 0.25) is 0 Å². The van der Waals surface area contributed by atoms with Gasteiger partial charge in [-0.15, -0.1) is 0 Å². The molecule has 82 valence electrons. The SMILES string of the molecule is COCC(=O)CCc1cc(F)ccc1Br. The van der Waals surface area contributed by atoms with E-state index in [0.29, 0.717) is 12.8 Å². The summed E-state index contributed by atoms with van der Waals surface area (Å²) in [4.78, 5) is 11.2. The molecule has 0 saturated heterocycles. The smallest absolute Gasteiger partial charge is 0.158 e. The summed E-state index contributed by atoms with van der Waals surface area (Å²) in [5.74, 6) is -0.263. The molecule has 1 aromatic carbocycles. The highest BCUT2D eigenvalue weighted by Gasteiger charge is 2.05. The molecule has 0 heterocycles. The largest absolute Gasteiger partial charge is 0.377 e. The van der Waals surface area contributed by atoms with Crippen LogP contribution in [-0.4, -0.2) is 19.5 Å². The molecule has 0 bridgehead atoms. The fourth-order valence-corrected chi connectivity index (χ4v) is 1.69. The maximum Gasteiger partial charge on any atom is 0.158 e. The predicted molar refractivity (Wildman–Crippen MR) is 59.3 cm³/mol. The van der Waals surface area contributed by atoms with Crippen LogP contribution in [0.3, 0.4) is 0 Å². The van der Waals surface area contributed by atoms with Crippen LogP contribution in [0.25, 0.3) is 0 Å². The predicted octanol–water partition coefficient (Wildman–Crippen LogP) is 2.74. The maximum atomic E-state index is 12.9. The van der Waals surface area contributed by atoms with E-state index >= 15 is 0 Å². The van der Waals surface area contributed by atoms with Gasteiger partial charge in [0.25, 0.3) is 0 Å². The summed E-state index contributed by atoms with van der Waals surface area (Å²) in [5.41, 5.74) is 0.805. The van der Waals surface area contributed by atoms with Crippen molar-refractivity contribution in [2.75, 3.05) is 13.7 Å². The first kappa shape index (κ1) is 12.3. The zero-order valence-corrected chi connectivity index (χ0v) is 10.0. The van der Waals surface area contributed by atoms with Crippen molar-refractivity contribution in [3.8, 4) is 0 Å². The molecule has 0 aliphatic rings. The normalized spacial score (nSPS) is 10.3. The summed E-state index contributed by atoms with van der Waals surface area (Å²) >= 11 is 3.31. The summed E-state index contributed by atoms with van der Waals surface area (Å²) in [6, 6.07) is 4.46. The van der Waals surface area contributed by atoms with E-state index in [1.807, 2.05) is 0 Å². The van der Waals surface area contributed by atoms with Crippen molar-refractivity contribution in [2.24, 2.45) is 0 Å². The van der Waals surface area contributed by atoms with Crippen LogP contribution in [0, 0.1) is 5.82 Å². The lowest BCUT2D eigenvalue weighted by molar-refractivity contribution is -0.122. The molecule has 0 unspecified atom stereocenters. The number of carbonyl (C=O) groups is 1. The van der Waals surface area contributed by atoms with Crippen molar-refractivity contribution in [1.29, 1.82) is 0 Å². The van der Waals surface area contributed by atoms with Gasteiger partial charge in [-0.05, 0) is 30.2 Å². The van der Waals surface area contributed by atoms with Gasteiger partial charge in [-0.3, -0.25) is 4.79 Å². The standard InChI is InChI=1S/C11H12BrFO2/c1-15-7-10(14)4-2-8-6-9(13)3-5-11(8)12/h3,5-6H,2,4,7H2,1H3. The van der Waals surface area contributed by atoms with Crippen LogP contribution >= 0.6 is 15.9 Å². The van der Waals surface area contributed by atoms with Crippen LogP contribution in [0.5, 0.6) is 0 Å². The number of rotatable bonds is 5. The summed E-state index contributed by atoms with van der Waals surface area (Å²) in [6.45, 7) is 0.118. The van der Waals surface area contributed by atoms with E-state index in [-0.39, 0.29) is 18.2 Å². The quantitative estimate of drug-likeness (QED) is 0.826. The summed E-state index contributed by atoms with van der Waals surface area (Å²) in [7, 11) is 1.48. The molecule has 0 atom stereocenters. The van der Waals surface area contributed by atoms with Crippen LogP contribution in [0.1, 0.15) is 12.0 Å². The number of hydrogen-bond donors (Lipinski definition) is 0. The average Bonchev–Trinajstić information content (AvgIpc) is 2.20. The van der Waals surface area contributed by atoms with E-state index in [1.54, 1.807) is 6.07 Å². The van der Waals surface area contributed by atoms with E-state index in [0.717, 1.165) is 10.0 Å². The molecule has 1 aromatic rings. The van der Waals surface area contributed by atoms with Gasteiger partial charge < -0.3 is 4.74 Å². The minimum absolute atomic E-state index is 0.0219. The molecule has 0 aliphatic carbocycles. The molecule has 0 radical (unpaired) electrons. The number of Topliss-reactive ketones (excluding diaryl/α,β-unsaturated/α-hetero) is 1. The Morgan fingerprint density at radius 2 is 2.27 bits per heavy atom. The lowest BCUT2D eigenvalue weighted by Gasteiger charge is -2.03. The molecule has 0 amide bonds. The number of ketones is 1. The van der Waals surface area contributed by atoms with Crippen LogP contribution in [-0.2, 0) is 16.0 Å². The van der Waals surface area contributed by atoms with Crippen molar-refractivity contribution < 1.29 is 13.9 Å². The van der Waals surface area contributed by atoms with Gasteiger partial charge in [-0.2, -0.15) is 0 Å². The fraction of sp³-hybridized carbons (Fsp3) is 0.364. The molecule has 4 heteroatoms. The molecule has 0 saturated carbocycles. The Labute approximate surface area is 96.6 Å². The summed E-state index contributed by atoms with van der Waals surface area (Å²) in [6.07, 6.45) is 0.899. The van der Waals surface area contributed by atoms with Gasteiger partial charge in [0.15, 0.2) is 5.78 Å². The Bertz CT molecular complexity index is 352. The Morgan fingerprint density at radius 3 is 2.93 bits per heavy atom. The van der Waals surface area contributed by atoms with Crippen molar-refractivity contribution in [2.45, 2.75) is 12.8 Å². The Morgan fingerprint density at radius 1 is 1.53 bits per heavy atom. The monoisotopic (exact) mass is 274 g/mol. The highest BCUT2D eigenvalue weighted by molar-refractivity contribution is 9.10. The van der Waals surface area contributed by atoms with Gasteiger partial charge in [-0.25, -0.2) is 4.39 Å². The minimum Gasteiger partial charge on any atom is -0.377 e. The number of carbonyl (C=O) groups excluding carboxylic acids is 1. The maximum absolute atomic E-state index is 12.9. The van der Waals surface area contributed by atoms with E-state index in [1.165, 1.54) is 19.2 Å². The van der Waals surface area contributed by atoms with E-state index in [4.69, 9.17) is 4.74 Å². The number of aryl methyl sites for hydroxylation is 1. The molecule has 15 heavy (non-hydrogen) atoms. The van der Waals surface area contributed by atoms with Crippen LogP contribution < -0.4 is 0 Å². The molecule has 0 fully saturated rings. The topological polar surface area (TPSA) is 26.3 Å². The van der Waals surface area contributed by atoms with Crippen molar-refractivity contribution in [3.63, 3.8) is 0 Å². The highest BCUT2D eigenvalue weighted by atomic mass is 79.9. The number of halogens is 2. The summed E-state index contributed by atoms with van der Waals surface area (Å²) in [5, 5.41) is 0. The third kappa shape index (κ3) is 4.10. The first-order chi connectivity index (χ1) is 7.13. The average molecular weight is 275 g/mol. The molecule has 2 nitrogen and oxygen atoms in total. The van der Waals surface area contributed by atoms with Crippen molar-refractivity contribution in [3.05, 3.63) is 34.1 Å². The third-order valence-corrected chi connectivity index (χ3v) is 2.76. The first-order valence-electron chi connectivity index (χ1n) is 4.58. The lowest BCUT2D eigenvalue weighted by atomic mass is 10.1. The van der Waals surface area contributed by atoms with E-state index < -0.39 is 0 Å². The van der Waals surface area contributed by atoms with Gasteiger partial charge >= 0.3 is 0 Å². The molecule has 0 aromatic heterocycles. The molecular formula is C11H12BrFO2. The van der Waals surface area contributed by atoms with Crippen molar-refractivity contribution >= 4 is 21.7 Å². The lowest BCUT2D eigenvalue weighted by Crippen LogP contribution is -2.07. The number of methoxy groups -OCH3 is 1. The van der Waals surface area contributed by atoms with Gasteiger partial charge in [0.05, 0.1) is 0 Å². The van der Waals surface area contributed by atoms with Crippen LogP contribution in [0.15, 0.2) is 22.7 Å². The van der Waals surface area contributed by atoms with Gasteiger partial charge in [0.2, 0.25) is 0 Å². The van der Waals surface area contributed by atoms with Crippen LogP contribution in [0.4, 0.5) is 4.39 Å². The molecule has 0 aliphatic heterocycles. The molecule has 0 N–H and O–H groups in total. The zero-order chi connectivity index (χ0) is 11.3. The Balaban J connectivity index is 2.57. The van der Waals surface area contributed by atoms with E-state index in [2.05, 4.69) is 15.9 Å². The second-order valence-electron chi connectivity index (χ2n) is 3.21. The first-order valence-corrected chi connectivity index (χ1v) is 5.37. The Kier molecular flexibility index (Phi) is 4.91. The van der Waals surface area contributed by atoms with Gasteiger partial charge in [-0.1, -0.05) is 15.9 Å². The minimum atomic E-state index is -0.285.